The number of thioether (sulfide) groups is 1. The van der Waals surface area contributed by atoms with Crippen LogP contribution < -0.4 is 10.9 Å². The molecular formula is C19H21N3O2S2. The molecule has 7 heteroatoms. The zero-order valence-electron chi connectivity index (χ0n) is 15.2. The van der Waals surface area contributed by atoms with Crippen LogP contribution in [0.25, 0.3) is 10.2 Å². The van der Waals surface area contributed by atoms with Gasteiger partial charge in [-0.2, -0.15) is 0 Å². The number of hydrogen-bond acceptors (Lipinski definition) is 5. The maximum Gasteiger partial charge on any atom is 0.271 e. The first-order valence-corrected chi connectivity index (χ1v) is 10.1. The molecule has 2 heterocycles. The highest BCUT2D eigenvalue weighted by atomic mass is 32.2. The third-order valence-corrected chi connectivity index (χ3v) is 5.91. The smallest absolute Gasteiger partial charge is 0.271 e. The fraction of sp³-hybridized carbons (Fsp3) is 0.316. The summed E-state index contributed by atoms with van der Waals surface area (Å²) in [4.78, 5) is 29.2. The van der Waals surface area contributed by atoms with Gasteiger partial charge < -0.3 is 5.32 Å². The second-order valence-corrected chi connectivity index (χ2v) is 8.88. The van der Waals surface area contributed by atoms with Crippen molar-refractivity contribution in [1.29, 1.82) is 0 Å². The lowest BCUT2D eigenvalue weighted by atomic mass is 9.86. The average molecular weight is 388 g/mol. The molecule has 0 fully saturated rings. The van der Waals surface area contributed by atoms with Crippen molar-refractivity contribution in [2.24, 2.45) is 7.05 Å². The number of carbonyl (C=O) groups is 1. The van der Waals surface area contributed by atoms with Crippen LogP contribution in [-0.4, -0.2) is 21.2 Å². The molecular weight excluding hydrogens is 366 g/mol. The molecule has 0 spiro atoms. The Bertz CT molecular complexity index is 1020. The summed E-state index contributed by atoms with van der Waals surface area (Å²) >= 11 is 2.65. The molecule has 3 rings (SSSR count). The van der Waals surface area contributed by atoms with Gasteiger partial charge in [0.15, 0.2) is 5.16 Å². The third kappa shape index (κ3) is 3.83. The van der Waals surface area contributed by atoms with Crippen LogP contribution in [-0.2, 0) is 17.3 Å². The van der Waals surface area contributed by atoms with E-state index >= 15 is 0 Å². The number of anilines is 1. The minimum Gasteiger partial charge on any atom is -0.325 e. The van der Waals surface area contributed by atoms with E-state index in [4.69, 9.17) is 0 Å². The lowest BCUT2D eigenvalue weighted by molar-refractivity contribution is -0.113. The van der Waals surface area contributed by atoms with Crippen LogP contribution in [0.1, 0.15) is 26.3 Å². The van der Waals surface area contributed by atoms with Crippen LogP contribution >= 0.6 is 23.1 Å². The molecule has 136 valence electrons. The number of benzene rings is 1. The van der Waals surface area contributed by atoms with Crippen molar-refractivity contribution < 1.29 is 4.79 Å². The van der Waals surface area contributed by atoms with Crippen molar-refractivity contribution in [2.75, 3.05) is 11.1 Å². The second kappa shape index (κ2) is 7.25. The number of rotatable bonds is 4. The summed E-state index contributed by atoms with van der Waals surface area (Å²) < 4.78 is 2.14. The molecule has 0 aliphatic heterocycles. The molecule has 0 unspecified atom stereocenters. The van der Waals surface area contributed by atoms with Crippen LogP contribution in [0, 0.1) is 0 Å². The SMILES string of the molecule is Cn1c(SCC(=O)Nc2ccccc2C(C)(C)C)nc2ccsc2c1=O. The van der Waals surface area contributed by atoms with E-state index in [1.807, 2.05) is 35.7 Å². The van der Waals surface area contributed by atoms with Crippen LogP contribution in [0.4, 0.5) is 5.69 Å². The topological polar surface area (TPSA) is 64.0 Å². The van der Waals surface area contributed by atoms with Gasteiger partial charge in [-0.3, -0.25) is 14.2 Å². The summed E-state index contributed by atoms with van der Waals surface area (Å²) in [6.45, 7) is 6.34. The van der Waals surface area contributed by atoms with E-state index in [0.717, 1.165) is 11.3 Å². The van der Waals surface area contributed by atoms with Crippen LogP contribution in [0.5, 0.6) is 0 Å². The Kier molecular flexibility index (Phi) is 5.20. The van der Waals surface area contributed by atoms with Gasteiger partial charge in [0.2, 0.25) is 5.91 Å². The van der Waals surface area contributed by atoms with E-state index < -0.39 is 0 Å². The number of carbonyl (C=O) groups excluding carboxylic acids is 1. The molecule has 0 saturated heterocycles. The molecule has 0 saturated carbocycles. The zero-order valence-corrected chi connectivity index (χ0v) is 16.8. The molecule has 1 amide bonds. The van der Waals surface area contributed by atoms with Gasteiger partial charge in [0.25, 0.3) is 5.56 Å². The Morgan fingerprint density at radius 2 is 2.00 bits per heavy atom. The van der Waals surface area contributed by atoms with E-state index in [2.05, 4.69) is 31.1 Å². The summed E-state index contributed by atoms with van der Waals surface area (Å²) in [6.07, 6.45) is 0. The molecule has 0 aliphatic rings. The molecule has 0 radical (unpaired) electrons. The summed E-state index contributed by atoms with van der Waals surface area (Å²) in [5, 5.41) is 5.37. The molecule has 1 aromatic carbocycles. The molecule has 0 aliphatic carbocycles. The minimum absolute atomic E-state index is 0.0630. The first kappa shape index (κ1) is 18.7. The maximum atomic E-state index is 12.4. The van der Waals surface area contributed by atoms with E-state index in [-0.39, 0.29) is 22.6 Å². The lowest BCUT2D eigenvalue weighted by Crippen LogP contribution is -2.22. The number of aromatic nitrogens is 2. The number of amides is 1. The van der Waals surface area contributed by atoms with Crippen molar-refractivity contribution >= 4 is 44.9 Å². The predicted octanol–water partition coefficient (Wildman–Crippen LogP) is 4.02. The number of nitrogens with one attached hydrogen (secondary N) is 1. The number of nitrogens with zero attached hydrogens (tertiary/aromatic N) is 2. The van der Waals surface area contributed by atoms with Crippen molar-refractivity contribution in [3.05, 3.63) is 51.6 Å². The zero-order chi connectivity index (χ0) is 18.9. The number of hydrogen-bond donors (Lipinski definition) is 1. The van der Waals surface area contributed by atoms with Crippen molar-refractivity contribution in [2.45, 2.75) is 31.3 Å². The molecule has 0 atom stereocenters. The Balaban J connectivity index is 1.75. The summed E-state index contributed by atoms with van der Waals surface area (Å²) in [5.74, 6) is 0.0698. The largest absolute Gasteiger partial charge is 0.325 e. The van der Waals surface area contributed by atoms with Gasteiger partial charge in [-0.05, 0) is 28.5 Å². The molecule has 2 aromatic heterocycles. The number of thiophene rings is 1. The Labute approximate surface area is 160 Å². The highest BCUT2D eigenvalue weighted by Crippen LogP contribution is 2.29. The molecule has 3 aromatic rings. The lowest BCUT2D eigenvalue weighted by Gasteiger charge is -2.23. The Morgan fingerprint density at radius 3 is 2.73 bits per heavy atom. The summed E-state index contributed by atoms with van der Waals surface area (Å²) in [5.41, 5.74) is 2.45. The van der Waals surface area contributed by atoms with Crippen molar-refractivity contribution in [1.82, 2.24) is 9.55 Å². The van der Waals surface area contributed by atoms with E-state index in [9.17, 15) is 9.59 Å². The molecule has 0 bridgehead atoms. The third-order valence-electron chi connectivity index (χ3n) is 3.99. The van der Waals surface area contributed by atoms with Crippen LogP contribution in [0.2, 0.25) is 0 Å². The van der Waals surface area contributed by atoms with Gasteiger partial charge in [0.05, 0.1) is 11.3 Å². The number of fused-ring (bicyclic) bond motifs is 1. The maximum absolute atomic E-state index is 12.4. The standard InChI is InChI=1S/C19H21N3O2S2/c1-19(2,3)12-7-5-6-8-13(12)20-15(23)11-26-18-21-14-9-10-25-16(14)17(24)22(18)4/h5-10H,11H2,1-4H3,(H,20,23). The molecule has 1 N–H and O–H groups in total. The average Bonchev–Trinajstić information content (AvgIpc) is 3.05. The minimum atomic E-state index is -0.119. The molecule has 26 heavy (non-hydrogen) atoms. The fourth-order valence-electron chi connectivity index (χ4n) is 2.66. The molecule has 5 nitrogen and oxygen atoms in total. The first-order valence-electron chi connectivity index (χ1n) is 8.24. The van der Waals surface area contributed by atoms with Gasteiger partial charge in [0, 0.05) is 12.7 Å². The van der Waals surface area contributed by atoms with Crippen molar-refractivity contribution in [3.63, 3.8) is 0 Å². The van der Waals surface area contributed by atoms with Gasteiger partial charge >= 0.3 is 0 Å². The van der Waals surface area contributed by atoms with Gasteiger partial charge in [-0.15, -0.1) is 11.3 Å². The van der Waals surface area contributed by atoms with Gasteiger partial charge in [-0.25, -0.2) is 4.98 Å². The Hall–Kier alpha value is -2.12. The van der Waals surface area contributed by atoms with E-state index in [1.54, 1.807) is 7.05 Å². The number of para-hydroxylation sites is 1. The van der Waals surface area contributed by atoms with Gasteiger partial charge in [0.1, 0.15) is 4.70 Å². The van der Waals surface area contributed by atoms with Crippen LogP contribution in [0.3, 0.4) is 0 Å². The predicted molar refractivity (Wildman–Crippen MR) is 109 cm³/mol. The summed E-state index contributed by atoms with van der Waals surface area (Å²) in [6, 6.07) is 9.65. The Morgan fingerprint density at radius 1 is 1.27 bits per heavy atom. The van der Waals surface area contributed by atoms with E-state index in [1.165, 1.54) is 27.7 Å². The second-order valence-electron chi connectivity index (χ2n) is 7.03. The van der Waals surface area contributed by atoms with Crippen molar-refractivity contribution in [3.8, 4) is 0 Å². The first-order chi connectivity index (χ1) is 12.3. The monoisotopic (exact) mass is 387 g/mol. The summed E-state index contributed by atoms with van der Waals surface area (Å²) in [7, 11) is 1.68. The highest BCUT2D eigenvalue weighted by Gasteiger charge is 2.19. The quantitative estimate of drug-likeness (QED) is 0.542. The van der Waals surface area contributed by atoms with Gasteiger partial charge in [-0.1, -0.05) is 50.7 Å². The normalized spacial score (nSPS) is 11.7. The van der Waals surface area contributed by atoms with E-state index in [0.29, 0.717) is 15.4 Å². The fourth-order valence-corrected chi connectivity index (χ4v) is 4.24. The van der Waals surface area contributed by atoms with Crippen LogP contribution in [0.15, 0.2) is 45.7 Å². The highest BCUT2D eigenvalue weighted by molar-refractivity contribution is 7.99.